The van der Waals surface area contributed by atoms with E-state index in [1.165, 1.54) is 0 Å². The van der Waals surface area contributed by atoms with Crippen molar-refractivity contribution in [1.82, 2.24) is 20.2 Å². The van der Waals surface area contributed by atoms with Gasteiger partial charge in [-0.15, -0.1) is 5.10 Å². The maximum absolute atomic E-state index is 12.4. The highest BCUT2D eigenvalue weighted by molar-refractivity contribution is 5.74. The van der Waals surface area contributed by atoms with Crippen molar-refractivity contribution in [1.29, 1.82) is 0 Å². The van der Waals surface area contributed by atoms with Gasteiger partial charge >= 0.3 is 12.1 Å². The van der Waals surface area contributed by atoms with E-state index in [1.807, 2.05) is 0 Å². The van der Waals surface area contributed by atoms with Crippen molar-refractivity contribution < 1.29 is 23.1 Å². The van der Waals surface area contributed by atoms with E-state index in [2.05, 4.69) is 15.5 Å². The summed E-state index contributed by atoms with van der Waals surface area (Å²) in [6.45, 7) is -0.110. The van der Waals surface area contributed by atoms with E-state index >= 15 is 0 Å². The fourth-order valence-corrected chi connectivity index (χ4v) is 2.61. The number of carboxylic acid groups (broad SMARTS) is 1. The Hall–Kier alpha value is -1.67. The molecule has 0 aliphatic heterocycles. The zero-order chi connectivity index (χ0) is 14.8. The molecule has 1 N–H and O–H groups in total. The number of carboxylic acids is 1. The molecular weight excluding hydrogens is 277 g/mol. The van der Waals surface area contributed by atoms with Gasteiger partial charge in [0.15, 0.2) is 5.82 Å². The van der Waals surface area contributed by atoms with E-state index in [1.54, 1.807) is 0 Å². The van der Waals surface area contributed by atoms with E-state index in [0.29, 0.717) is 12.8 Å². The number of carbonyl (C=O) groups is 1. The average Bonchev–Trinajstić information content (AvgIpc) is 2.75. The molecule has 0 amide bonds. The van der Waals surface area contributed by atoms with Crippen LogP contribution in [0.4, 0.5) is 13.2 Å². The summed E-state index contributed by atoms with van der Waals surface area (Å²) in [5, 5.41) is 19.5. The molecule has 1 aromatic heterocycles. The maximum Gasteiger partial charge on any atom is 0.396 e. The van der Waals surface area contributed by atoms with Gasteiger partial charge in [-0.2, -0.15) is 13.2 Å². The lowest BCUT2D eigenvalue weighted by Gasteiger charge is -2.32. The minimum Gasteiger partial charge on any atom is -0.481 e. The fraction of sp³-hybridized carbons (Fsp3) is 0.818. The van der Waals surface area contributed by atoms with Crippen molar-refractivity contribution in [2.45, 2.75) is 51.2 Å². The van der Waals surface area contributed by atoms with E-state index in [0.717, 1.165) is 23.9 Å². The first-order valence-corrected chi connectivity index (χ1v) is 6.38. The molecule has 1 fully saturated rings. The lowest BCUT2D eigenvalue weighted by Crippen LogP contribution is -2.38. The van der Waals surface area contributed by atoms with Crippen LogP contribution in [0.15, 0.2) is 0 Å². The van der Waals surface area contributed by atoms with Crippen LogP contribution < -0.4 is 0 Å². The van der Waals surface area contributed by atoms with Crippen molar-refractivity contribution in [3.05, 3.63) is 5.82 Å². The topological polar surface area (TPSA) is 80.9 Å². The number of tetrazole rings is 1. The first kappa shape index (κ1) is 14.7. The summed E-state index contributed by atoms with van der Waals surface area (Å²) in [6, 6.07) is 0. The van der Waals surface area contributed by atoms with Crippen molar-refractivity contribution in [2.75, 3.05) is 0 Å². The van der Waals surface area contributed by atoms with Gasteiger partial charge in [0.1, 0.15) is 6.42 Å². The highest BCUT2D eigenvalue weighted by Crippen LogP contribution is 2.38. The van der Waals surface area contributed by atoms with Crippen LogP contribution in [-0.4, -0.2) is 37.5 Å². The third kappa shape index (κ3) is 3.26. The van der Waals surface area contributed by atoms with Gasteiger partial charge in [0.2, 0.25) is 0 Å². The van der Waals surface area contributed by atoms with Gasteiger partial charge in [0.05, 0.1) is 12.0 Å². The summed E-state index contributed by atoms with van der Waals surface area (Å²) >= 11 is 0. The Kier molecular flexibility index (Phi) is 3.96. The molecular formula is C11H15F3N4O2. The Morgan fingerprint density at radius 2 is 1.95 bits per heavy atom. The highest BCUT2D eigenvalue weighted by atomic mass is 19.4. The summed E-state index contributed by atoms with van der Waals surface area (Å²) in [4.78, 5) is 11.5. The zero-order valence-corrected chi connectivity index (χ0v) is 10.7. The van der Waals surface area contributed by atoms with Crippen molar-refractivity contribution >= 4 is 5.97 Å². The fourth-order valence-electron chi connectivity index (χ4n) is 2.61. The van der Waals surface area contributed by atoms with Gasteiger partial charge in [-0.1, -0.05) is 19.3 Å². The van der Waals surface area contributed by atoms with Crippen molar-refractivity contribution in [3.63, 3.8) is 0 Å². The third-order valence-electron chi connectivity index (χ3n) is 3.68. The van der Waals surface area contributed by atoms with Gasteiger partial charge in [0, 0.05) is 0 Å². The monoisotopic (exact) mass is 292 g/mol. The lowest BCUT2D eigenvalue weighted by molar-refractivity contribution is -0.152. The number of aromatic nitrogens is 4. The van der Waals surface area contributed by atoms with Gasteiger partial charge in [-0.05, 0) is 23.3 Å². The van der Waals surface area contributed by atoms with Gasteiger partial charge in [-0.25, -0.2) is 4.68 Å². The third-order valence-corrected chi connectivity index (χ3v) is 3.68. The molecule has 20 heavy (non-hydrogen) atoms. The van der Waals surface area contributed by atoms with Gasteiger partial charge in [-0.3, -0.25) is 4.79 Å². The molecule has 0 bridgehead atoms. The summed E-state index contributed by atoms with van der Waals surface area (Å²) in [6.07, 6.45) is -2.35. The van der Waals surface area contributed by atoms with Crippen LogP contribution in [0, 0.1) is 5.41 Å². The molecule has 2 rings (SSSR count). The molecule has 6 nitrogen and oxygen atoms in total. The Morgan fingerprint density at radius 3 is 2.50 bits per heavy atom. The van der Waals surface area contributed by atoms with Gasteiger partial charge in [0.25, 0.3) is 0 Å². The van der Waals surface area contributed by atoms with Crippen LogP contribution in [0.2, 0.25) is 0 Å². The zero-order valence-electron chi connectivity index (χ0n) is 10.7. The summed E-state index contributed by atoms with van der Waals surface area (Å²) in [7, 11) is 0. The molecule has 1 heterocycles. The first-order valence-electron chi connectivity index (χ1n) is 6.38. The summed E-state index contributed by atoms with van der Waals surface area (Å²) < 4.78 is 38.2. The molecule has 0 spiro atoms. The second-order valence-corrected chi connectivity index (χ2v) is 5.19. The SMILES string of the molecule is O=C(O)C1(Cn2nnnc2CC(F)(F)F)CCCCC1. The van der Waals surface area contributed by atoms with E-state index in [-0.39, 0.29) is 12.4 Å². The first-order chi connectivity index (χ1) is 9.32. The molecule has 0 aromatic carbocycles. The molecule has 0 unspecified atom stereocenters. The van der Waals surface area contributed by atoms with Gasteiger partial charge < -0.3 is 5.11 Å². The molecule has 0 saturated heterocycles. The highest BCUT2D eigenvalue weighted by Gasteiger charge is 2.41. The lowest BCUT2D eigenvalue weighted by atomic mass is 9.74. The minimum absolute atomic E-state index is 0.110. The Bertz CT molecular complexity index is 480. The maximum atomic E-state index is 12.4. The van der Waals surface area contributed by atoms with Crippen LogP contribution in [0.1, 0.15) is 37.9 Å². The second-order valence-electron chi connectivity index (χ2n) is 5.19. The molecule has 9 heteroatoms. The molecule has 112 valence electrons. The predicted octanol–water partition coefficient (Wildman–Crippen LogP) is 1.81. The normalized spacial score (nSPS) is 18.9. The quantitative estimate of drug-likeness (QED) is 0.915. The molecule has 1 aliphatic rings. The Labute approximate surface area is 113 Å². The molecule has 1 aliphatic carbocycles. The number of halogens is 3. The minimum atomic E-state index is -4.42. The standard InChI is InChI=1S/C11H15F3N4O2/c12-11(13,14)6-8-15-16-17-18(8)7-10(9(19)20)4-2-1-3-5-10/h1-7H2,(H,19,20). The molecule has 1 aromatic rings. The smallest absolute Gasteiger partial charge is 0.396 e. The van der Waals surface area contributed by atoms with Crippen molar-refractivity contribution in [3.8, 4) is 0 Å². The molecule has 0 radical (unpaired) electrons. The Balaban J connectivity index is 2.19. The van der Waals surface area contributed by atoms with Crippen molar-refractivity contribution in [2.24, 2.45) is 5.41 Å². The van der Waals surface area contributed by atoms with Crippen LogP contribution >= 0.6 is 0 Å². The number of hydrogen-bond donors (Lipinski definition) is 1. The number of alkyl halides is 3. The van der Waals surface area contributed by atoms with E-state index in [4.69, 9.17) is 0 Å². The number of hydrogen-bond acceptors (Lipinski definition) is 4. The number of aliphatic carboxylic acids is 1. The second kappa shape index (κ2) is 5.37. The summed E-state index contributed by atoms with van der Waals surface area (Å²) in [5.74, 6) is -1.34. The largest absolute Gasteiger partial charge is 0.481 e. The average molecular weight is 292 g/mol. The van der Waals surface area contributed by atoms with Crippen LogP contribution in [-0.2, 0) is 17.8 Å². The Morgan fingerprint density at radius 1 is 1.30 bits per heavy atom. The number of rotatable bonds is 4. The number of nitrogens with zero attached hydrogens (tertiary/aromatic N) is 4. The molecule has 1 saturated carbocycles. The predicted molar refractivity (Wildman–Crippen MR) is 60.7 cm³/mol. The van der Waals surface area contributed by atoms with E-state index in [9.17, 15) is 23.1 Å². The van der Waals surface area contributed by atoms with Crippen LogP contribution in [0.25, 0.3) is 0 Å². The molecule has 0 atom stereocenters. The summed E-state index contributed by atoms with van der Waals surface area (Å²) in [5.41, 5.74) is -1.06. The van der Waals surface area contributed by atoms with Crippen LogP contribution in [0.5, 0.6) is 0 Å². The van der Waals surface area contributed by atoms with E-state index < -0.39 is 24.0 Å². The van der Waals surface area contributed by atoms with Crippen LogP contribution in [0.3, 0.4) is 0 Å².